The van der Waals surface area contributed by atoms with E-state index in [0.717, 1.165) is 35.3 Å². The second-order valence-corrected chi connectivity index (χ2v) is 7.56. The number of fused-ring (bicyclic) bond motifs is 1. The minimum Gasteiger partial charge on any atom is -0.548 e. The summed E-state index contributed by atoms with van der Waals surface area (Å²) in [5, 5.41) is 33.0. The third kappa shape index (κ3) is 5.65. The number of aliphatic hydroxyl groups excluding tert-OH is 1. The van der Waals surface area contributed by atoms with Crippen LogP contribution in [-0.2, 0) is 19.2 Å². The first-order valence-corrected chi connectivity index (χ1v) is 8.81. The first-order chi connectivity index (χ1) is 11.3. The molecule has 2 rings (SSSR count). The Bertz CT molecular complexity index is 632. The number of β-lactam (4-membered cyclic amide) rings is 1. The van der Waals surface area contributed by atoms with E-state index in [0.29, 0.717) is 0 Å². The SMILES string of the molecule is CC(=O)N[C@H](CSC1=C(C(=O)[O-])N2C(=O)[C@H](CCO)[C@H]2S1)C(=O)[O-].[Na+].[Na+]. The van der Waals surface area contributed by atoms with Crippen LogP contribution in [0.15, 0.2) is 9.93 Å². The molecule has 2 heterocycles. The van der Waals surface area contributed by atoms with Crippen molar-refractivity contribution in [2.45, 2.75) is 24.8 Å². The van der Waals surface area contributed by atoms with Gasteiger partial charge in [-0.3, -0.25) is 14.5 Å². The van der Waals surface area contributed by atoms with Gasteiger partial charge in [0.25, 0.3) is 0 Å². The van der Waals surface area contributed by atoms with Crippen molar-refractivity contribution in [1.29, 1.82) is 0 Å². The monoisotopic (exact) mass is 420 g/mol. The third-order valence-corrected chi connectivity index (χ3v) is 6.28. The van der Waals surface area contributed by atoms with E-state index in [1.807, 2.05) is 0 Å². The van der Waals surface area contributed by atoms with Crippen molar-refractivity contribution in [2.24, 2.45) is 5.92 Å². The van der Waals surface area contributed by atoms with Gasteiger partial charge in [0.2, 0.25) is 11.8 Å². The molecule has 0 radical (unpaired) electrons. The van der Waals surface area contributed by atoms with Crippen LogP contribution in [0.25, 0.3) is 0 Å². The standard InChI is InChI=1S/C13H16N2O7S2.2Na/c1-5(17)14-7(11(19)20)4-23-13-8(12(21)22)15-9(18)6(2-3-16)10(15)24-13;;/h6-7,10,16H,2-4H2,1H3,(H,14,17)(H,19,20)(H,21,22);;/q;2*+1/p-2/t6-,7+,10+;;/m0../s1. The maximum Gasteiger partial charge on any atom is 1.00 e. The molecule has 2 aliphatic rings. The first-order valence-electron chi connectivity index (χ1n) is 6.94. The Balaban J connectivity index is 0.00000312. The van der Waals surface area contributed by atoms with Gasteiger partial charge in [-0.1, -0.05) is 11.8 Å². The molecular formula is C13H14N2Na2O7S2. The molecule has 2 amide bonds. The zero-order chi connectivity index (χ0) is 18.0. The first kappa shape index (κ1) is 26.3. The van der Waals surface area contributed by atoms with Crippen molar-refractivity contribution in [3.8, 4) is 0 Å². The molecule has 26 heavy (non-hydrogen) atoms. The van der Waals surface area contributed by atoms with E-state index in [2.05, 4.69) is 5.32 Å². The van der Waals surface area contributed by atoms with E-state index in [1.54, 1.807) is 0 Å². The van der Waals surface area contributed by atoms with Gasteiger partial charge in [-0.2, -0.15) is 0 Å². The van der Waals surface area contributed by atoms with Gasteiger partial charge in [0, 0.05) is 19.3 Å². The fourth-order valence-corrected chi connectivity index (χ4v) is 5.29. The van der Waals surface area contributed by atoms with Crippen LogP contribution in [0, 0.1) is 5.92 Å². The van der Waals surface area contributed by atoms with E-state index in [9.17, 15) is 29.4 Å². The maximum atomic E-state index is 12.0. The van der Waals surface area contributed by atoms with Crippen molar-refractivity contribution < 1.29 is 93.6 Å². The molecule has 13 heteroatoms. The van der Waals surface area contributed by atoms with Crippen molar-refractivity contribution in [1.82, 2.24) is 10.2 Å². The number of nitrogens with one attached hydrogen (secondary N) is 1. The Morgan fingerprint density at radius 1 is 1.35 bits per heavy atom. The second kappa shape index (κ2) is 11.3. The molecule has 9 nitrogen and oxygen atoms in total. The third-order valence-electron chi connectivity index (χ3n) is 3.49. The predicted octanol–water partition coefficient (Wildman–Crippen LogP) is -9.19. The summed E-state index contributed by atoms with van der Waals surface area (Å²) < 4.78 is 0.241. The Labute approximate surface area is 202 Å². The van der Waals surface area contributed by atoms with Gasteiger partial charge in [-0.15, -0.1) is 11.8 Å². The minimum atomic E-state index is -1.53. The average molecular weight is 420 g/mol. The molecule has 0 aliphatic carbocycles. The number of carbonyl (C=O) groups excluding carboxylic acids is 4. The second-order valence-electron chi connectivity index (χ2n) is 5.14. The number of aliphatic carboxylic acids is 2. The Kier molecular flexibility index (Phi) is 11.4. The molecule has 0 spiro atoms. The fourth-order valence-electron chi connectivity index (χ4n) is 2.42. The van der Waals surface area contributed by atoms with Crippen LogP contribution in [0.5, 0.6) is 0 Å². The van der Waals surface area contributed by atoms with Crippen LogP contribution >= 0.6 is 23.5 Å². The molecule has 132 valence electrons. The van der Waals surface area contributed by atoms with Crippen molar-refractivity contribution in [3.05, 3.63) is 9.93 Å². The quantitative estimate of drug-likeness (QED) is 0.288. The molecular weight excluding hydrogens is 406 g/mol. The van der Waals surface area contributed by atoms with Crippen molar-refractivity contribution in [3.63, 3.8) is 0 Å². The summed E-state index contributed by atoms with van der Waals surface area (Å²) in [6.45, 7) is 0.959. The molecule has 3 atom stereocenters. The predicted molar refractivity (Wildman–Crippen MR) is 80.5 cm³/mol. The number of carboxylic acid groups (broad SMARTS) is 2. The van der Waals surface area contributed by atoms with E-state index in [4.69, 9.17) is 5.11 Å². The average Bonchev–Trinajstić information content (AvgIpc) is 2.83. The van der Waals surface area contributed by atoms with Crippen LogP contribution in [-0.4, -0.2) is 57.5 Å². The van der Waals surface area contributed by atoms with Gasteiger partial charge in [0.1, 0.15) is 0 Å². The summed E-state index contributed by atoms with van der Waals surface area (Å²) in [6, 6.07) is -1.29. The maximum absolute atomic E-state index is 12.0. The molecule has 0 unspecified atom stereocenters. The summed E-state index contributed by atoms with van der Waals surface area (Å²) in [4.78, 5) is 46.4. The van der Waals surface area contributed by atoms with E-state index < -0.39 is 41.1 Å². The Morgan fingerprint density at radius 3 is 2.42 bits per heavy atom. The van der Waals surface area contributed by atoms with E-state index in [1.165, 1.54) is 0 Å². The summed E-state index contributed by atoms with van der Waals surface area (Å²) in [6.07, 6.45) is 0.221. The molecule has 0 saturated carbocycles. The molecule has 0 aromatic carbocycles. The number of rotatable bonds is 8. The number of nitrogens with zero attached hydrogens (tertiary/aromatic N) is 1. The summed E-state index contributed by atoms with van der Waals surface area (Å²) >= 11 is 2.01. The number of hydrogen-bond donors (Lipinski definition) is 2. The van der Waals surface area contributed by atoms with Gasteiger partial charge < -0.3 is 30.2 Å². The van der Waals surface area contributed by atoms with Gasteiger partial charge in [0.15, 0.2) is 0 Å². The van der Waals surface area contributed by atoms with Crippen molar-refractivity contribution in [2.75, 3.05) is 12.4 Å². The minimum absolute atomic E-state index is 0. The molecule has 0 aromatic heterocycles. The molecule has 1 fully saturated rings. The molecule has 0 bridgehead atoms. The summed E-state index contributed by atoms with van der Waals surface area (Å²) in [7, 11) is 0. The molecule has 2 N–H and O–H groups in total. The molecule has 0 aromatic rings. The van der Waals surface area contributed by atoms with E-state index >= 15 is 0 Å². The fraction of sp³-hybridized carbons (Fsp3) is 0.538. The van der Waals surface area contributed by atoms with Gasteiger partial charge in [0.05, 0.1) is 39.2 Å². The van der Waals surface area contributed by atoms with Crippen LogP contribution in [0.4, 0.5) is 0 Å². The van der Waals surface area contributed by atoms with Crippen LogP contribution in [0.1, 0.15) is 13.3 Å². The molecule has 2 aliphatic heterocycles. The van der Waals surface area contributed by atoms with Gasteiger partial charge in [-0.25, -0.2) is 0 Å². The zero-order valence-corrected chi connectivity index (χ0v) is 20.1. The summed E-state index contributed by atoms with van der Waals surface area (Å²) in [5.74, 6) is -4.63. The van der Waals surface area contributed by atoms with E-state index in [-0.39, 0.29) is 87.8 Å². The number of thioether (sulfide) groups is 2. The number of carbonyl (C=O) groups is 4. The Hall–Kier alpha value is 0.280. The van der Waals surface area contributed by atoms with Gasteiger partial charge in [-0.05, 0) is 6.42 Å². The molecule has 1 saturated heterocycles. The van der Waals surface area contributed by atoms with Crippen molar-refractivity contribution >= 4 is 47.3 Å². The number of hydrogen-bond acceptors (Lipinski definition) is 9. The topological polar surface area (TPSA) is 150 Å². The number of amides is 2. The number of aliphatic hydroxyl groups is 1. The summed E-state index contributed by atoms with van der Waals surface area (Å²) in [5.41, 5.74) is -0.297. The van der Waals surface area contributed by atoms with Gasteiger partial charge >= 0.3 is 59.1 Å². The zero-order valence-electron chi connectivity index (χ0n) is 14.5. The Morgan fingerprint density at radius 2 is 1.96 bits per heavy atom. The van der Waals surface area contributed by atoms with Crippen LogP contribution in [0.2, 0.25) is 0 Å². The largest absolute Gasteiger partial charge is 1.00 e. The normalized spacial score (nSPS) is 21.8. The smallest absolute Gasteiger partial charge is 0.548 e. The van der Waals surface area contributed by atoms with Crippen LogP contribution < -0.4 is 74.6 Å². The number of carboxylic acids is 2. The van der Waals surface area contributed by atoms with Crippen LogP contribution in [0.3, 0.4) is 0 Å².